The molecule has 0 aromatic heterocycles. The van der Waals surface area contributed by atoms with Gasteiger partial charge < -0.3 is 10.6 Å². The molecule has 5 nitrogen and oxygen atoms in total. The minimum atomic E-state index is -3.64. The predicted molar refractivity (Wildman–Crippen MR) is 132 cm³/mol. The fraction of sp³-hybridized carbons (Fsp3) is 0.174. The van der Waals surface area contributed by atoms with E-state index >= 15 is 0 Å². The maximum absolute atomic E-state index is 13.2. The number of thiocarbonyl (C=S) groups is 1. The number of sulfonamides is 1. The number of nitrogens with zero attached hydrogens (tertiary/aromatic N) is 1. The van der Waals surface area contributed by atoms with Gasteiger partial charge in [0.2, 0.25) is 0 Å². The fourth-order valence-corrected chi connectivity index (χ4v) is 5.54. The molecular formula is C23H22ClN3O2S2. The van der Waals surface area contributed by atoms with Crippen molar-refractivity contribution >= 4 is 56.0 Å². The molecule has 0 saturated carbocycles. The SMILES string of the molecule is Cc1ccc(Cl)cc1NC(=S)Nc1ccc(S(=O)(=O)N2CCCc3ccccc32)cc1. The molecule has 8 heteroatoms. The largest absolute Gasteiger partial charge is 0.332 e. The van der Waals surface area contributed by atoms with Gasteiger partial charge in [0.15, 0.2) is 5.11 Å². The molecule has 3 aromatic carbocycles. The minimum Gasteiger partial charge on any atom is -0.332 e. The van der Waals surface area contributed by atoms with Crippen molar-refractivity contribution in [2.24, 2.45) is 0 Å². The first-order valence-electron chi connectivity index (χ1n) is 9.89. The van der Waals surface area contributed by atoms with Gasteiger partial charge >= 0.3 is 0 Å². The average Bonchev–Trinajstić information content (AvgIpc) is 2.76. The van der Waals surface area contributed by atoms with Crippen LogP contribution in [0.2, 0.25) is 5.02 Å². The van der Waals surface area contributed by atoms with Gasteiger partial charge in [-0.05, 0) is 85.6 Å². The lowest BCUT2D eigenvalue weighted by Crippen LogP contribution is -2.35. The zero-order valence-corrected chi connectivity index (χ0v) is 19.3. The average molecular weight is 472 g/mol. The number of fused-ring (bicyclic) bond motifs is 1. The first-order valence-corrected chi connectivity index (χ1v) is 12.1. The highest BCUT2D eigenvalue weighted by atomic mass is 35.5. The van der Waals surface area contributed by atoms with E-state index in [-0.39, 0.29) is 4.90 Å². The maximum Gasteiger partial charge on any atom is 0.264 e. The summed E-state index contributed by atoms with van der Waals surface area (Å²) in [4.78, 5) is 0.249. The van der Waals surface area contributed by atoms with E-state index in [1.54, 1.807) is 30.3 Å². The van der Waals surface area contributed by atoms with Crippen LogP contribution in [0.3, 0.4) is 0 Å². The molecule has 1 heterocycles. The molecule has 0 atom stereocenters. The van der Waals surface area contributed by atoms with Gasteiger partial charge in [0, 0.05) is 22.9 Å². The van der Waals surface area contributed by atoms with Gasteiger partial charge in [-0.1, -0.05) is 35.9 Å². The van der Waals surface area contributed by atoms with Crippen LogP contribution < -0.4 is 14.9 Å². The lowest BCUT2D eigenvalue weighted by atomic mass is 10.0. The summed E-state index contributed by atoms with van der Waals surface area (Å²) in [5.74, 6) is 0. The van der Waals surface area contributed by atoms with Crippen LogP contribution in [0.1, 0.15) is 17.5 Å². The molecule has 160 valence electrons. The Labute approximate surface area is 193 Å². The number of aryl methyl sites for hydroxylation is 2. The number of benzene rings is 3. The Morgan fingerprint density at radius 3 is 2.55 bits per heavy atom. The third-order valence-electron chi connectivity index (χ3n) is 5.22. The van der Waals surface area contributed by atoms with E-state index in [1.165, 1.54) is 4.31 Å². The summed E-state index contributed by atoms with van der Waals surface area (Å²) >= 11 is 11.4. The van der Waals surface area contributed by atoms with Gasteiger partial charge in [-0.3, -0.25) is 4.31 Å². The molecule has 1 aliphatic rings. The summed E-state index contributed by atoms with van der Waals surface area (Å²) in [6.45, 7) is 2.44. The molecule has 1 aliphatic heterocycles. The molecule has 31 heavy (non-hydrogen) atoms. The van der Waals surface area contributed by atoms with Crippen LogP contribution >= 0.6 is 23.8 Å². The van der Waals surface area contributed by atoms with Crippen molar-refractivity contribution in [2.75, 3.05) is 21.5 Å². The van der Waals surface area contributed by atoms with E-state index in [0.717, 1.165) is 35.3 Å². The minimum absolute atomic E-state index is 0.249. The van der Waals surface area contributed by atoms with Crippen molar-refractivity contribution in [1.82, 2.24) is 0 Å². The second-order valence-corrected chi connectivity index (χ2v) is 10.1. The standard InChI is InChI=1S/C23H22ClN3O2S2/c1-16-8-9-18(24)15-21(16)26-23(30)25-19-10-12-20(13-11-19)31(28,29)27-14-4-6-17-5-2-3-7-22(17)27/h2-3,5,7-13,15H,4,6,14H2,1H3,(H2,25,26,30). The van der Waals surface area contributed by atoms with E-state index in [2.05, 4.69) is 10.6 Å². The van der Waals surface area contributed by atoms with Crippen molar-refractivity contribution in [3.8, 4) is 0 Å². The summed E-state index contributed by atoms with van der Waals surface area (Å²) in [6, 6.07) is 19.8. The normalized spacial score (nSPS) is 13.4. The van der Waals surface area contributed by atoms with Gasteiger partial charge in [0.05, 0.1) is 10.6 Å². The zero-order chi connectivity index (χ0) is 22.0. The molecule has 0 radical (unpaired) electrons. The molecule has 0 spiro atoms. The van der Waals surface area contributed by atoms with E-state index in [9.17, 15) is 8.42 Å². The number of anilines is 3. The van der Waals surface area contributed by atoms with Crippen LogP contribution in [0.4, 0.5) is 17.1 Å². The first-order chi connectivity index (χ1) is 14.8. The Balaban J connectivity index is 1.49. The second kappa shape index (κ2) is 8.86. The van der Waals surface area contributed by atoms with Crippen molar-refractivity contribution in [3.63, 3.8) is 0 Å². The predicted octanol–water partition coefficient (Wildman–Crippen LogP) is 5.60. The summed E-state index contributed by atoms with van der Waals surface area (Å²) in [5, 5.41) is 7.21. The van der Waals surface area contributed by atoms with Crippen LogP contribution in [0.25, 0.3) is 0 Å². The van der Waals surface area contributed by atoms with Gasteiger partial charge in [0.1, 0.15) is 0 Å². The summed E-state index contributed by atoms with van der Waals surface area (Å²) < 4.78 is 28.0. The molecule has 0 saturated heterocycles. The quantitative estimate of drug-likeness (QED) is 0.485. The molecule has 0 bridgehead atoms. The summed E-state index contributed by atoms with van der Waals surface area (Å²) in [6.07, 6.45) is 1.69. The Kier molecular flexibility index (Phi) is 6.18. The Bertz CT molecular complexity index is 1230. The third-order valence-corrected chi connectivity index (χ3v) is 7.48. The van der Waals surface area contributed by atoms with E-state index in [0.29, 0.717) is 22.4 Å². The number of hydrogen-bond donors (Lipinski definition) is 2. The molecule has 3 aromatic rings. The van der Waals surface area contributed by atoms with Crippen LogP contribution in [-0.2, 0) is 16.4 Å². The van der Waals surface area contributed by atoms with Gasteiger partial charge in [-0.25, -0.2) is 8.42 Å². The fourth-order valence-electron chi connectivity index (χ4n) is 3.60. The molecule has 0 aliphatic carbocycles. The number of nitrogens with one attached hydrogen (secondary N) is 2. The number of para-hydroxylation sites is 1. The summed E-state index contributed by atoms with van der Waals surface area (Å²) in [5.41, 5.74) is 4.33. The first kappa shape index (κ1) is 21.6. The Morgan fingerprint density at radius 2 is 1.77 bits per heavy atom. The van der Waals surface area contributed by atoms with Crippen molar-refractivity contribution in [2.45, 2.75) is 24.7 Å². The number of hydrogen-bond acceptors (Lipinski definition) is 3. The van der Waals surface area contributed by atoms with E-state index in [4.69, 9.17) is 23.8 Å². The molecular weight excluding hydrogens is 450 g/mol. The molecule has 0 amide bonds. The van der Waals surface area contributed by atoms with Crippen LogP contribution in [0, 0.1) is 6.92 Å². The lowest BCUT2D eigenvalue weighted by Gasteiger charge is -2.30. The Hall–Kier alpha value is -2.61. The monoisotopic (exact) mass is 471 g/mol. The maximum atomic E-state index is 13.2. The van der Waals surface area contributed by atoms with Gasteiger partial charge in [-0.2, -0.15) is 0 Å². The van der Waals surface area contributed by atoms with Crippen LogP contribution in [0.15, 0.2) is 71.6 Å². The smallest absolute Gasteiger partial charge is 0.264 e. The van der Waals surface area contributed by atoms with Crippen LogP contribution in [-0.4, -0.2) is 20.1 Å². The molecule has 4 rings (SSSR count). The Morgan fingerprint density at radius 1 is 1.03 bits per heavy atom. The molecule has 2 N–H and O–H groups in total. The molecule has 0 fully saturated rings. The summed E-state index contributed by atoms with van der Waals surface area (Å²) in [7, 11) is -3.64. The van der Waals surface area contributed by atoms with Crippen molar-refractivity contribution < 1.29 is 8.42 Å². The molecule has 0 unspecified atom stereocenters. The topological polar surface area (TPSA) is 61.4 Å². The third kappa shape index (κ3) is 4.69. The second-order valence-electron chi connectivity index (χ2n) is 7.37. The van der Waals surface area contributed by atoms with Gasteiger partial charge in [-0.15, -0.1) is 0 Å². The van der Waals surface area contributed by atoms with E-state index < -0.39 is 10.0 Å². The number of rotatable bonds is 4. The lowest BCUT2D eigenvalue weighted by molar-refractivity contribution is 0.586. The van der Waals surface area contributed by atoms with Gasteiger partial charge in [0.25, 0.3) is 10.0 Å². The van der Waals surface area contributed by atoms with Crippen molar-refractivity contribution in [3.05, 3.63) is 82.9 Å². The highest BCUT2D eigenvalue weighted by Gasteiger charge is 2.28. The van der Waals surface area contributed by atoms with Crippen LogP contribution in [0.5, 0.6) is 0 Å². The highest BCUT2D eigenvalue weighted by Crippen LogP contribution is 2.32. The number of halogens is 1. The van der Waals surface area contributed by atoms with E-state index in [1.807, 2.05) is 43.3 Å². The highest BCUT2D eigenvalue weighted by molar-refractivity contribution is 7.92. The van der Waals surface area contributed by atoms with Crippen molar-refractivity contribution in [1.29, 1.82) is 0 Å². The zero-order valence-electron chi connectivity index (χ0n) is 16.9.